The van der Waals surface area contributed by atoms with Crippen molar-refractivity contribution in [3.05, 3.63) is 74.3 Å². The van der Waals surface area contributed by atoms with Crippen molar-refractivity contribution in [1.82, 2.24) is 4.98 Å². The third-order valence-corrected chi connectivity index (χ3v) is 5.19. The van der Waals surface area contributed by atoms with Crippen LogP contribution >= 0.6 is 11.6 Å². The Balaban J connectivity index is 1.95. The molecule has 4 rings (SSSR count). The van der Waals surface area contributed by atoms with E-state index in [1.807, 2.05) is 37.3 Å². The topological polar surface area (TPSA) is 103 Å². The number of nitrogens with zero attached hydrogens (tertiary/aromatic N) is 2. The van der Waals surface area contributed by atoms with Crippen LogP contribution in [0.4, 0.5) is 5.82 Å². The van der Waals surface area contributed by atoms with Gasteiger partial charge in [-0.1, -0.05) is 18.2 Å². The lowest BCUT2D eigenvalue weighted by molar-refractivity contribution is 0.571. The molecular weight excluding hydrogens is 384 g/mol. The Morgan fingerprint density at radius 3 is 2.45 bits per heavy atom. The molecule has 1 aliphatic heterocycles. The van der Waals surface area contributed by atoms with E-state index in [1.165, 1.54) is 0 Å². The third kappa shape index (κ3) is 2.95. The lowest BCUT2D eigenvalue weighted by Gasteiger charge is -2.10. The first-order valence-corrected chi connectivity index (χ1v) is 9.12. The number of pyridine rings is 1. The number of aromatic nitrogens is 1. The van der Waals surface area contributed by atoms with Gasteiger partial charge in [-0.25, -0.2) is 0 Å². The zero-order chi connectivity index (χ0) is 20.7. The molecule has 2 aromatic rings. The number of halogens is 1. The lowest BCUT2D eigenvalue weighted by atomic mass is 10.0. The molecule has 0 radical (unpaired) electrons. The second kappa shape index (κ2) is 6.91. The number of aromatic amines is 1. The molecule has 140 valence electrons. The van der Waals surface area contributed by atoms with Crippen molar-refractivity contribution in [2.24, 2.45) is 0 Å². The van der Waals surface area contributed by atoms with Gasteiger partial charge in [0.15, 0.2) is 0 Å². The van der Waals surface area contributed by atoms with Crippen LogP contribution in [0.3, 0.4) is 0 Å². The number of benzene rings is 1. The van der Waals surface area contributed by atoms with E-state index in [-0.39, 0.29) is 5.82 Å². The molecule has 0 amide bonds. The second-order valence-electron chi connectivity index (χ2n) is 6.63. The minimum absolute atomic E-state index is 0.230. The Kier molecular flexibility index (Phi) is 4.39. The summed E-state index contributed by atoms with van der Waals surface area (Å²) in [7, 11) is 0. The molecule has 2 aliphatic rings. The predicted molar refractivity (Wildman–Crippen MR) is 113 cm³/mol. The first kappa shape index (κ1) is 18.4. The van der Waals surface area contributed by atoms with Crippen molar-refractivity contribution in [2.75, 3.05) is 5.73 Å². The molecular formula is C23H15ClN4O. The molecule has 0 unspecified atom stereocenters. The van der Waals surface area contributed by atoms with Crippen molar-refractivity contribution in [3.8, 4) is 34.7 Å². The van der Waals surface area contributed by atoms with Crippen molar-refractivity contribution in [2.45, 2.75) is 6.92 Å². The van der Waals surface area contributed by atoms with Crippen molar-refractivity contribution in [1.29, 1.82) is 10.5 Å². The summed E-state index contributed by atoms with van der Waals surface area (Å²) in [6, 6.07) is 15.4. The van der Waals surface area contributed by atoms with Gasteiger partial charge < -0.3 is 15.1 Å². The molecule has 0 fully saturated rings. The first-order chi connectivity index (χ1) is 13.9. The summed E-state index contributed by atoms with van der Waals surface area (Å²) < 4.78 is 5.97. The summed E-state index contributed by atoms with van der Waals surface area (Å²) in [4.78, 5) is 2.98. The van der Waals surface area contributed by atoms with Crippen LogP contribution < -0.4 is 16.2 Å². The molecule has 0 saturated carbocycles. The van der Waals surface area contributed by atoms with Crippen LogP contribution in [0.15, 0.2) is 40.8 Å². The van der Waals surface area contributed by atoms with E-state index in [1.54, 1.807) is 12.1 Å². The minimum Gasteiger partial charge on any atom is -0.457 e. The maximum atomic E-state index is 9.62. The molecule has 0 spiro atoms. The van der Waals surface area contributed by atoms with Gasteiger partial charge in [0.2, 0.25) is 0 Å². The van der Waals surface area contributed by atoms with Gasteiger partial charge in [-0.2, -0.15) is 10.5 Å². The SMILES string of the molecule is C=c1c(C#N)c2[nH]c(N)c(C#N)c(C)c-2/c1=C\c1ccc(-c2ccc(Cl)cc2)o1. The quantitative estimate of drug-likeness (QED) is 0.534. The van der Waals surface area contributed by atoms with Gasteiger partial charge in [0.25, 0.3) is 0 Å². The van der Waals surface area contributed by atoms with Crippen LogP contribution in [-0.4, -0.2) is 4.98 Å². The van der Waals surface area contributed by atoms with E-state index in [2.05, 4.69) is 23.7 Å². The molecule has 0 saturated heterocycles. The van der Waals surface area contributed by atoms with E-state index in [0.29, 0.717) is 44.1 Å². The molecule has 1 aliphatic carbocycles. The first-order valence-electron chi connectivity index (χ1n) is 8.75. The van der Waals surface area contributed by atoms with Crippen molar-refractivity contribution in [3.63, 3.8) is 0 Å². The fourth-order valence-electron chi connectivity index (χ4n) is 3.50. The van der Waals surface area contributed by atoms with E-state index in [4.69, 9.17) is 21.8 Å². The number of hydrogen-bond acceptors (Lipinski definition) is 4. The van der Waals surface area contributed by atoms with Crippen LogP contribution in [0.25, 0.3) is 35.2 Å². The minimum atomic E-state index is 0.230. The zero-order valence-corrected chi connectivity index (χ0v) is 16.3. The number of anilines is 1. The summed E-state index contributed by atoms with van der Waals surface area (Å²) in [5.41, 5.74) is 9.62. The highest BCUT2D eigenvalue weighted by Gasteiger charge is 2.21. The fourth-order valence-corrected chi connectivity index (χ4v) is 3.63. The average molecular weight is 399 g/mol. The number of nitriles is 2. The Morgan fingerprint density at radius 2 is 1.79 bits per heavy atom. The van der Waals surface area contributed by atoms with Gasteiger partial charge in [-0.05, 0) is 65.4 Å². The highest BCUT2D eigenvalue weighted by Crippen LogP contribution is 2.29. The van der Waals surface area contributed by atoms with Crippen LogP contribution in [0.1, 0.15) is 22.5 Å². The van der Waals surface area contributed by atoms with Gasteiger partial charge in [-0.3, -0.25) is 0 Å². The number of H-pyrrole nitrogens is 1. The lowest BCUT2D eigenvalue weighted by Crippen LogP contribution is -2.21. The summed E-state index contributed by atoms with van der Waals surface area (Å²) in [6.45, 7) is 5.88. The molecule has 0 atom stereocenters. The number of rotatable bonds is 2. The Labute approximate surface area is 171 Å². The Morgan fingerprint density at radius 1 is 1.10 bits per heavy atom. The molecule has 2 heterocycles. The van der Waals surface area contributed by atoms with E-state index in [0.717, 1.165) is 16.3 Å². The molecule has 1 aromatic carbocycles. The molecule has 1 aromatic heterocycles. The molecule has 6 heteroatoms. The monoisotopic (exact) mass is 398 g/mol. The summed E-state index contributed by atoms with van der Waals surface area (Å²) in [6.07, 6.45) is 1.82. The number of nitrogens with two attached hydrogens (primary N) is 1. The van der Waals surface area contributed by atoms with Gasteiger partial charge in [0.1, 0.15) is 29.5 Å². The average Bonchev–Trinajstić information content (AvgIpc) is 3.26. The van der Waals surface area contributed by atoms with Crippen molar-refractivity contribution < 1.29 is 4.42 Å². The maximum absolute atomic E-state index is 9.62. The maximum Gasteiger partial charge on any atom is 0.134 e. The van der Waals surface area contributed by atoms with E-state index < -0.39 is 0 Å². The Hall–Kier alpha value is -3.93. The van der Waals surface area contributed by atoms with Crippen LogP contribution in [0.5, 0.6) is 0 Å². The third-order valence-electron chi connectivity index (χ3n) is 4.94. The summed E-state index contributed by atoms with van der Waals surface area (Å²) in [5.74, 6) is 1.53. The number of nitrogens with one attached hydrogen (secondary N) is 1. The predicted octanol–water partition coefficient (Wildman–Crippen LogP) is 3.91. The van der Waals surface area contributed by atoms with Gasteiger partial charge in [-0.15, -0.1) is 0 Å². The van der Waals surface area contributed by atoms with Gasteiger partial charge >= 0.3 is 0 Å². The van der Waals surface area contributed by atoms with E-state index >= 15 is 0 Å². The normalized spacial score (nSPS) is 11.5. The number of fused-ring (bicyclic) bond motifs is 1. The number of furan rings is 1. The summed E-state index contributed by atoms with van der Waals surface area (Å²) >= 11 is 5.95. The standard InChI is InChI=1S/C23H15ClN4O/c1-12-17(9-16-7-8-20(29-16)14-3-5-15(24)6-4-14)21-13(2)19(11-26)23(27)28-22(21)18(12)10-25/h3-9,28H,1,27H2,2H3/b17-9-. The fraction of sp³-hybridized carbons (Fsp3) is 0.0435. The molecule has 29 heavy (non-hydrogen) atoms. The number of hydrogen-bond donors (Lipinski definition) is 2. The molecule has 0 bridgehead atoms. The highest BCUT2D eigenvalue weighted by molar-refractivity contribution is 6.30. The van der Waals surface area contributed by atoms with Crippen LogP contribution in [0.2, 0.25) is 5.02 Å². The van der Waals surface area contributed by atoms with Crippen LogP contribution in [0, 0.1) is 29.6 Å². The zero-order valence-electron chi connectivity index (χ0n) is 15.5. The van der Waals surface area contributed by atoms with Crippen LogP contribution in [-0.2, 0) is 0 Å². The number of nitrogen functional groups attached to an aromatic ring is 1. The van der Waals surface area contributed by atoms with Crippen molar-refractivity contribution >= 4 is 30.1 Å². The molecule has 3 N–H and O–H groups in total. The Bertz CT molecular complexity index is 1410. The van der Waals surface area contributed by atoms with E-state index in [9.17, 15) is 10.5 Å². The van der Waals surface area contributed by atoms with Gasteiger partial charge in [0.05, 0.1) is 16.8 Å². The highest BCUT2D eigenvalue weighted by atomic mass is 35.5. The molecule has 5 nitrogen and oxygen atoms in total. The smallest absolute Gasteiger partial charge is 0.134 e. The largest absolute Gasteiger partial charge is 0.457 e. The second-order valence-corrected chi connectivity index (χ2v) is 7.07. The summed E-state index contributed by atoms with van der Waals surface area (Å²) in [5, 5.41) is 21.0. The van der Waals surface area contributed by atoms with Gasteiger partial charge in [0, 0.05) is 16.1 Å².